The summed E-state index contributed by atoms with van der Waals surface area (Å²) in [6.07, 6.45) is 2.34. The molecule has 3 heterocycles. The fraction of sp³-hybridized carbons (Fsp3) is 0.556. The van der Waals surface area contributed by atoms with Crippen molar-refractivity contribution in [2.75, 3.05) is 26.8 Å². The molecule has 0 saturated carbocycles. The van der Waals surface area contributed by atoms with E-state index < -0.39 is 0 Å². The molecule has 1 atom stereocenters. The number of amides is 1. The van der Waals surface area contributed by atoms with Crippen LogP contribution < -0.4 is 5.32 Å². The molecule has 136 valence electrons. The molecule has 0 bridgehead atoms. The highest BCUT2D eigenvalue weighted by atomic mass is 32.1. The molecule has 7 heteroatoms. The van der Waals surface area contributed by atoms with Gasteiger partial charge < -0.3 is 14.6 Å². The van der Waals surface area contributed by atoms with Gasteiger partial charge in [-0.15, -0.1) is 11.3 Å². The van der Waals surface area contributed by atoms with E-state index in [9.17, 15) is 4.79 Å². The average molecular weight is 362 g/mol. The summed E-state index contributed by atoms with van der Waals surface area (Å²) < 4.78 is 7.14. The van der Waals surface area contributed by atoms with Gasteiger partial charge in [0.1, 0.15) is 5.82 Å². The van der Waals surface area contributed by atoms with Gasteiger partial charge in [0.25, 0.3) is 0 Å². The topological polar surface area (TPSA) is 59.4 Å². The Hall–Kier alpha value is -1.70. The van der Waals surface area contributed by atoms with E-state index in [1.54, 1.807) is 7.11 Å². The Kier molecular flexibility index (Phi) is 5.88. The molecule has 0 aliphatic carbocycles. The monoisotopic (exact) mass is 362 g/mol. The third-order valence-electron chi connectivity index (χ3n) is 4.69. The van der Waals surface area contributed by atoms with Gasteiger partial charge in [0.05, 0.1) is 24.8 Å². The van der Waals surface area contributed by atoms with Crippen molar-refractivity contribution in [2.45, 2.75) is 39.4 Å². The number of hydrogen-bond donors (Lipinski definition) is 1. The Bertz CT molecular complexity index is 724. The van der Waals surface area contributed by atoms with Crippen molar-refractivity contribution in [3.05, 3.63) is 39.6 Å². The Balaban J connectivity index is 1.63. The quantitative estimate of drug-likeness (QED) is 0.767. The SMILES string of the molecule is COCCNC(=O)Cc1cn2c(n1)[C@@H](C)N(Cc1sccc1C)CC2. The van der Waals surface area contributed by atoms with E-state index in [2.05, 4.69) is 40.1 Å². The van der Waals surface area contributed by atoms with Crippen LogP contribution in [0.4, 0.5) is 0 Å². The molecule has 1 aliphatic heterocycles. The lowest BCUT2D eigenvalue weighted by Crippen LogP contribution is -2.36. The number of fused-ring (bicyclic) bond motifs is 1. The summed E-state index contributed by atoms with van der Waals surface area (Å²) in [4.78, 5) is 20.6. The highest BCUT2D eigenvalue weighted by Gasteiger charge is 2.27. The summed E-state index contributed by atoms with van der Waals surface area (Å²) in [5.74, 6) is 1.05. The Morgan fingerprint density at radius 1 is 1.48 bits per heavy atom. The van der Waals surface area contributed by atoms with Gasteiger partial charge in [-0.2, -0.15) is 0 Å². The molecule has 2 aromatic heterocycles. The largest absolute Gasteiger partial charge is 0.383 e. The van der Waals surface area contributed by atoms with Crippen LogP contribution in [0.1, 0.15) is 34.9 Å². The van der Waals surface area contributed by atoms with Gasteiger partial charge in [-0.1, -0.05) is 0 Å². The Morgan fingerprint density at radius 3 is 3.04 bits per heavy atom. The molecule has 1 amide bonds. The number of aryl methyl sites for hydroxylation is 1. The van der Waals surface area contributed by atoms with Gasteiger partial charge in [0.15, 0.2) is 0 Å². The molecule has 25 heavy (non-hydrogen) atoms. The Labute approximate surface area is 152 Å². The van der Waals surface area contributed by atoms with Crippen LogP contribution in [0.2, 0.25) is 0 Å². The van der Waals surface area contributed by atoms with E-state index in [4.69, 9.17) is 9.72 Å². The maximum absolute atomic E-state index is 12.0. The highest BCUT2D eigenvalue weighted by Crippen LogP contribution is 2.28. The van der Waals surface area contributed by atoms with Crippen molar-refractivity contribution in [2.24, 2.45) is 0 Å². The molecule has 0 aromatic carbocycles. The molecule has 0 fully saturated rings. The van der Waals surface area contributed by atoms with Crippen LogP contribution in [0.25, 0.3) is 0 Å². The van der Waals surface area contributed by atoms with E-state index >= 15 is 0 Å². The molecule has 0 unspecified atom stereocenters. The van der Waals surface area contributed by atoms with Gasteiger partial charge in [-0.3, -0.25) is 9.69 Å². The third-order valence-corrected chi connectivity index (χ3v) is 5.70. The first-order valence-electron chi connectivity index (χ1n) is 8.67. The van der Waals surface area contributed by atoms with Crippen LogP contribution in [0.15, 0.2) is 17.6 Å². The van der Waals surface area contributed by atoms with Crippen molar-refractivity contribution < 1.29 is 9.53 Å². The predicted molar refractivity (Wildman–Crippen MR) is 98.7 cm³/mol. The van der Waals surface area contributed by atoms with E-state index in [0.717, 1.165) is 31.2 Å². The summed E-state index contributed by atoms with van der Waals surface area (Å²) in [5.41, 5.74) is 2.20. The number of rotatable bonds is 7. The Morgan fingerprint density at radius 2 is 2.32 bits per heavy atom. The third kappa shape index (κ3) is 4.29. The van der Waals surface area contributed by atoms with Crippen LogP contribution in [0.3, 0.4) is 0 Å². The van der Waals surface area contributed by atoms with Crippen LogP contribution in [-0.2, 0) is 29.0 Å². The molecule has 0 saturated heterocycles. The average Bonchev–Trinajstić information content (AvgIpc) is 3.17. The molecule has 3 rings (SSSR count). The first-order valence-corrected chi connectivity index (χ1v) is 9.55. The van der Waals surface area contributed by atoms with E-state index in [1.165, 1.54) is 10.4 Å². The van der Waals surface area contributed by atoms with E-state index in [0.29, 0.717) is 19.6 Å². The second kappa shape index (κ2) is 8.12. The van der Waals surface area contributed by atoms with Gasteiger partial charge in [0, 0.05) is 44.4 Å². The molecule has 2 aromatic rings. The fourth-order valence-electron chi connectivity index (χ4n) is 3.16. The highest BCUT2D eigenvalue weighted by molar-refractivity contribution is 7.10. The molecule has 0 radical (unpaired) electrons. The van der Waals surface area contributed by atoms with Crippen molar-refractivity contribution in [3.8, 4) is 0 Å². The summed E-state index contributed by atoms with van der Waals surface area (Å²) in [7, 11) is 1.63. The van der Waals surface area contributed by atoms with Gasteiger partial charge >= 0.3 is 0 Å². The number of carbonyl (C=O) groups is 1. The molecule has 1 aliphatic rings. The number of methoxy groups -OCH3 is 1. The van der Waals surface area contributed by atoms with Crippen LogP contribution in [-0.4, -0.2) is 47.2 Å². The lowest BCUT2D eigenvalue weighted by Gasteiger charge is -2.33. The minimum absolute atomic E-state index is 0.00813. The number of nitrogens with one attached hydrogen (secondary N) is 1. The standard InChI is InChI=1S/C18H26N4O2S/c1-13-4-9-25-16(13)12-21-6-7-22-11-15(20-18(22)14(21)2)10-17(23)19-5-8-24-3/h4,9,11,14H,5-8,10,12H2,1-3H3,(H,19,23)/t14-/m1/s1. The summed E-state index contributed by atoms with van der Waals surface area (Å²) in [6.45, 7) is 8.31. The molecular formula is C18H26N4O2S. The lowest BCUT2D eigenvalue weighted by atomic mass is 10.2. The summed E-state index contributed by atoms with van der Waals surface area (Å²) >= 11 is 1.82. The molecular weight excluding hydrogens is 336 g/mol. The molecule has 0 spiro atoms. The second-order valence-electron chi connectivity index (χ2n) is 6.48. The smallest absolute Gasteiger partial charge is 0.226 e. The zero-order chi connectivity index (χ0) is 17.8. The van der Waals surface area contributed by atoms with Crippen molar-refractivity contribution >= 4 is 17.2 Å². The number of aromatic nitrogens is 2. The second-order valence-corrected chi connectivity index (χ2v) is 7.48. The number of imidazole rings is 1. The van der Waals surface area contributed by atoms with Crippen molar-refractivity contribution in [1.82, 2.24) is 19.8 Å². The first-order chi connectivity index (χ1) is 12.1. The summed E-state index contributed by atoms with van der Waals surface area (Å²) in [6, 6.07) is 2.43. The lowest BCUT2D eigenvalue weighted by molar-refractivity contribution is -0.120. The number of ether oxygens (including phenoxy) is 1. The van der Waals surface area contributed by atoms with Crippen LogP contribution in [0, 0.1) is 6.92 Å². The zero-order valence-corrected chi connectivity index (χ0v) is 15.9. The van der Waals surface area contributed by atoms with Crippen LogP contribution in [0.5, 0.6) is 0 Å². The fourth-order valence-corrected chi connectivity index (χ4v) is 4.09. The van der Waals surface area contributed by atoms with Crippen molar-refractivity contribution in [3.63, 3.8) is 0 Å². The van der Waals surface area contributed by atoms with Gasteiger partial charge in [-0.25, -0.2) is 4.98 Å². The van der Waals surface area contributed by atoms with E-state index in [1.807, 2.05) is 17.5 Å². The number of hydrogen-bond acceptors (Lipinski definition) is 5. The maximum Gasteiger partial charge on any atom is 0.226 e. The minimum atomic E-state index is -0.00813. The first kappa shape index (κ1) is 18.1. The van der Waals surface area contributed by atoms with Gasteiger partial charge in [0.2, 0.25) is 5.91 Å². The number of carbonyl (C=O) groups excluding carboxylic acids is 1. The molecule has 6 nitrogen and oxygen atoms in total. The normalized spacial score (nSPS) is 17.5. The molecule has 1 N–H and O–H groups in total. The van der Waals surface area contributed by atoms with Gasteiger partial charge in [-0.05, 0) is 30.9 Å². The summed E-state index contributed by atoms with van der Waals surface area (Å²) in [5, 5.41) is 5.00. The predicted octanol–water partition coefficient (Wildman–Crippen LogP) is 2.13. The van der Waals surface area contributed by atoms with Crippen LogP contribution >= 0.6 is 11.3 Å². The zero-order valence-electron chi connectivity index (χ0n) is 15.1. The van der Waals surface area contributed by atoms with E-state index in [-0.39, 0.29) is 11.9 Å². The number of nitrogens with zero attached hydrogens (tertiary/aromatic N) is 3. The van der Waals surface area contributed by atoms with Crippen molar-refractivity contribution in [1.29, 1.82) is 0 Å². The minimum Gasteiger partial charge on any atom is -0.383 e. The maximum atomic E-state index is 12.0. The number of thiophene rings is 1.